The second kappa shape index (κ2) is 3.69. The minimum absolute atomic E-state index is 0.339. The van der Waals surface area contributed by atoms with E-state index in [2.05, 4.69) is 15.9 Å². The molecule has 0 saturated heterocycles. The Hall–Kier alpha value is 0.505. The topological polar surface area (TPSA) is 20.2 Å². The smallest absolute Gasteiger partial charge is 0.0688 e. The summed E-state index contributed by atoms with van der Waals surface area (Å²) in [5.41, 5.74) is 0. The van der Waals surface area contributed by atoms with Gasteiger partial charge in [-0.3, -0.25) is 0 Å². The summed E-state index contributed by atoms with van der Waals surface area (Å²) in [4.78, 5) is 0. The molecule has 0 aliphatic heterocycles. The number of alkyl halides is 1. The predicted molar refractivity (Wildman–Crippen MR) is 30.4 cm³/mol. The summed E-state index contributed by atoms with van der Waals surface area (Å²) in [5.74, 6) is 0. The van der Waals surface area contributed by atoms with Crippen molar-refractivity contribution >= 4 is 23.8 Å². The highest BCUT2D eigenvalue weighted by molar-refractivity contribution is 9.09. The summed E-state index contributed by atoms with van der Waals surface area (Å²) >= 11 is 3.04. The molecule has 3 heteroatoms. The largest absolute Gasteiger partial charge is 0.393 e. The molecular weight excluding hydrogens is 143 g/mol. The summed E-state index contributed by atoms with van der Waals surface area (Å²) in [6.07, 6.45) is -0.0318. The lowest BCUT2D eigenvalue weighted by Gasteiger charge is -1.97. The van der Waals surface area contributed by atoms with Gasteiger partial charge in [-0.2, -0.15) is 0 Å². The fraction of sp³-hybridized carbons (Fsp3) is 1.00. The maximum absolute atomic E-state index is 8.49. The van der Waals surface area contributed by atoms with E-state index in [1.807, 2.05) is 0 Å². The monoisotopic (exact) mass is 148 g/mol. The van der Waals surface area contributed by atoms with Crippen molar-refractivity contribution < 1.29 is 5.11 Å². The van der Waals surface area contributed by atoms with Crippen LogP contribution in [0.4, 0.5) is 0 Å². The lowest BCUT2D eigenvalue weighted by atomic mass is 10.0. The number of aliphatic hydroxyl groups excluding tert-OH is 1. The first-order chi connectivity index (χ1) is 2.81. The zero-order chi connectivity index (χ0) is 4.99. The molecule has 1 atom stereocenters. The van der Waals surface area contributed by atoms with Crippen molar-refractivity contribution in [3.8, 4) is 0 Å². The highest BCUT2D eigenvalue weighted by Crippen LogP contribution is 1.91. The van der Waals surface area contributed by atoms with Gasteiger partial charge in [0.25, 0.3) is 0 Å². The molecule has 1 N–H and O–H groups in total. The normalized spacial score (nSPS) is 14.3. The number of hydrogen-bond donors (Lipinski definition) is 1. The van der Waals surface area contributed by atoms with E-state index < -0.39 is 0 Å². The third-order valence-corrected chi connectivity index (χ3v) is 1.20. The Bertz CT molecular complexity index is 30.0. The van der Waals surface area contributed by atoms with Crippen molar-refractivity contribution in [2.75, 3.05) is 5.33 Å². The van der Waals surface area contributed by atoms with Gasteiger partial charge in [-0.15, -0.1) is 0 Å². The van der Waals surface area contributed by atoms with E-state index in [9.17, 15) is 0 Å². The summed E-state index contributed by atoms with van der Waals surface area (Å²) in [5, 5.41) is 9.07. The molecule has 0 spiro atoms. The first-order valence-corrected chi connectivity index (χ1v) is 2.87. The molecule has 0 aromatic heterocycles. The van der Waals surface area contributed by atoms with E-state index in [1.54, 1.807) is 0 Å². The Morgan fingerprint density at radius 2 is 2.33 bits per heavy atom. The maximum atomic E-state index is 8.49. The van der Waals surface area contributed by atoms with E-state index in [1.165, 1.54) is 0 Å². The van der Waals surface area contributed by atoms with E-state index in [0.717, 1.165) is 0 Å². The second-order valence-corrected chi connectivity index (χ2v) is 1.69. The Kier molecular flexibility index (Phi) is 4.00. The average molecular weight is 149 g/mol. The van der Waals surface area contributed by atoms with Gasteiger partial charge < -0.3 is 5.11 Å². The summed E-state index contributed by atoms with van der Waals surface area (Å²) in [6.45, 7) is 0. The molecule has 0 bridgehead atoms. The van der Waals surface area contributed by atoms with Gasteiger partial charge in [0.2, 0.25) is 0 Å². The van der Waals surface area contributed by atoms with Crippen LogP contribution in [0.25, 0.3) is 0 Å². The minimum Gasteiger partial charge on any atom is -0.393 e. The van der Waals surface area contributed by atoms with Crippen molar-refractivity contribution in [2.24, 2.45) is 0 Å². The fourth-order valence-corrected chi connectivity index (χ4v) is 0.327. The Morgan fingerprint density at radius 1 is 1.83 bits per heavy atom. The Labute approximate surface area is 47.3 Å². The molecule has 0 amide bonds. The average Bonchev–Trinajstić information content (AvgIpc) is 1.65. The van der Waals surface area contributed by atoms with E-state index in [0.29, 0.717) is 11.7 Å². The number of hydrogen-bond acceptors (Lipinski definition) is 1. The molecule has 0 aromatic carbocycles. The lowest BCUT2D eigenvalue weighted by molar-refractivity contribution is 0.222. The van der Waals surface area contributed by atoms with Gasteiger partial charge in [0.05, 0.1) is 14.0 Å². The SMILES string of the molecule is [B]CC(O)CBr. The lowest BCUT2D eigenvalue weighted by Crippen LogP contribution is -2.04. The second-order valence-electron chi connectivity index (χ2n) is 1.04. The van der Waals surface area contributed by atoms with E-state index in [4.69, 9.17) is 13.0 Å². The molecule has 6 heavy (non-hydrogen) atoms. The summed E-state index contributed by atoms with van der Waals surface area (Å²) in [7, 11) is 5.00. The van der Waals surface area contributed by atoms with Gasteiger partial charge in [0.15, 0.2) is 0 Å². The van der Waals surface area contributed by atoms with Crippen molar-refractivity contribution in [1.29, 1.82) is 0 Å². The van der Waals surface area contributed by atoms with Crippen LogP contribution in [0, 0.1) is 0 Å². The van der Waals surface area contributed by atoms with Crippen LogP contribution in [0.15, 0.2) is 0 Å². The molecule has 0 rings (SSSR count). The number of rotatable bonds is 2. The Balaban J connectivity index is 2.75. The van der Waals surface area contributed by atoms with Gasteiger partial charge >= 0.3 is 0 Å². The molecular formula is C3H6BBrO. The highest BCUT2D eigenvalue weighted by Gasteiger charge is 1.91. The quantitative estimate of drug-likeness (QED) is 0.442. The van der Waals surface area contributed by atoms with E-state index >= 15 is 0 Å². The first kappa shape index (κ1) is 6.50. The minimum atomic E-state index is -0.370. The molecule has 0 saturated carbocycles. The molecule has 0 fully saturated rings. The number of halogens is 1. The van der Waals surface area contributed by atoms with Crippen LogP contribution in [0.1, 0.15) is 0 Å². The van der Waals surface area contributed by atoms with Crippen molar-refractivity contribution in [2.45, 2.75) is 12.4 Å². The van der Waals surface area contributed by atoms with Crippen molar-refractivity contribution in [3.05, 3.63) is 0 Å². The summed E-state index contributed by atoms with van der Waals surface area (Å²) < 4.78 is 0. The van der Waals surface area contributed by atoms with Gasteiger partial charge in [0, 0.05) is 5.33 Å². The summed E-state index contributed by atoms with van der Waals surface area (Å²) in [6, 6.07) is 0. The van der Waals surface area contributed by atoms with Crippen LogP contribution in [0.3, 0.4) is 0 Å². The standard InChI is InChI=1S/C3H6BBrO/c4-1-3(6)2-5/h3,6H,1-2H2. The van der Waals surface area contributed by atoms with Crippen LogP contribution in [-0.2, 0) is 0 Å². The molecule has 1 unspecified atom stereocenters. The van der Waals surface area contributed by atoms with Crippen LogP contribution < -0.4 is 0 Å². The molecule has 34 valence electrons. The molecule has 0 aliphatic carbocycles. The number of aliphatic hydroxyl groups is 1. The molecule has 2 radical (unpaired) electrons. The van der Waals surface area contributed by atoms with Crippen LogP contribution >= 0.6 is 15.9 Å². The predicted octanol–water partition coefficient (Wildman–Crippen LogP) is 0.329. The third-order valence-electron chi connectivity index (χ3n) is 0.450. The van der Waals surface area contributed by atoms with Crippen molar-refractivity contribution in [1.82, 2.24) is 0 Å². The zero-order valence-electron chi connectivity index (χ0n) is 3.39. The highest BCUT2D eigenvalue weighted by atomic mass is 79.9. The molecule has 1 nitrogen and oxygen atoms in total. The zero-order valence-corrected chi connectivity index (χ0v) is 4.98. The third kappa shape index (κ3) is 2.73. The van der Waals surface area contributed by atoms with Crippen LogP contribution in [0.2, 0.25) is 6.32 Å². The first-order valence-electron chi connectivity index (χ1n) is 1.75. The molecule has 0 heterocycles. The molecule has 0 aromatic rings. The van der Waals surface area contributed by atoms with Gasteiger partial charge in [-0.1, -0.05) is 22.3 Å². The van der Waals surface area contributed by atoms with Gasteiger partial charge in [-0.05, 0) is 0 Å². The van der Waals surface area contributed by atoms with Gasteiger partial charge in [0.1, 0.15) is 0 Å². The van der Waals surface area contributed by atoms with Crippen LogP contribution in [0.5, 0.6) is 0 Å². The van der Waals surface area contributed by atoms with Crippen molar-refractivity contribution in [3.63, 3.8) is 0 Å². The Morgan fingerprint density at radius 3 is 2.33 bits per heavy atom. The van der Waals surface area contributed by atoms with Crippen LogP contribution in [-0.4, -0.2) is 24.4 Å². The van der Waals surface area contributed by atoms with Gasteiger partial charge in [-0.25, -0.2) is 0 Å². The van der Waals surface area contributed by atoms with E-state index in [-0.39, 0.29) is 6.10 Å². The maximum Gasteiger partial charge on any atom is 0.0688 e. The fourth-order valence-electron chi connectivity index (χ4n) is 0.0630. The molecule has 0 aliphatic rings.